The van der Waals surface area contributed by atoms with Crippen molar-refractivity contribution in [1.82, 2.24) is 5.32 Å². The summed E-state index contributed by atoms with van der Waals surface area (Å²) in [5.41, 5.74) is 1.24. The number of hydrogen-bond acceptors (Lipinski definition) is 4. The highest BCUT2D eigenvalue weighted by atomic mass is 32.2. The summed E-state index contributed by atoms with van der Waals surface area (Å²) in [6.07, 6.45) is 2.13. The quantitative estimate of drug-likeness (QED) is 0.874. The Kier molecular flexibility index (Phi) is 4.18. The smallest absolute Gasteiger partial charge is 0.231 e. The summed E-state index contributed by atoms with van der Waals surface area (Å²) in [5, 5.41) is 3.57. The van der Waals surface area contributed by atoms with Crippen molar-refractivity contribution in [2.24, 2.45) is 0 Å². The van der Waals surface area contributed by atoms with Gasteiger partial charge < -0.3 is 14.8 Å². The van der Waals surface area contributed by atoms with E-state index in [1.807, 2.05) is 17.8 Å². The van der Waals surface area contributed by atoms with E-state index in [9.17, 15) is 0 Å². The lowest BCUT2D eigenvalue weighted by molar-refractivity contribution is 0.174. The van der Waals surface area contributed by atoms with Crippen LogP contribution >= 0.6 is 11.8 Å². The van der Waals surface area contributed by atoms with Gasteiger partial charge in [-0.2, -0.15) is 11.8 Å². The Morgan fingerprint density at radius 1 is 1.29 bits per heavy atom. The normalized spacial score (nSPS) is 16.9. The van der Waals surface area contributed by atoms with Crippen LogP contribution in [0.1, 0.15) is 25.5 Å². The molecule has 1 N–H and O–H groups in total. The second kappa shape index (κ2) is 5.65. The predicted octanol–water partition coefficient (Wildman–Crippen LogP) is 2.82. The van der Waals surface area contributed by atoms with Gasteiger partial charge in [-0.3, -0.25) is 0 Å². The molecule has 0 amide bonds. The summed E-state index contributed by atoms with van der Waals surface area (Å²) >= 11 is 1.86. The van der Waals surface area contributed by atoms with Crippen molar-refractivity contribution < 1.29 is 9.47 Å². The molecule has 3 nitrogen and oxygen atoms in total. The molecule has 0 spiro atoms. The minimum absolute atomic E-state index is 0.326. The van der Waals surface area contributed by atoms with Crippen molar-refractivity contribution in [3.05, 3.63) is 23.8 Å². The lowest BCUT2D eigenvalue weighted by Crippen LogP contribution is -2.30. The highest BCUT2D eigenvalue weighted by Gasteiger charge is 2.16. The molecule has 1 aromatic rings. The van der Waals surface area contributed by atoms with Crippen LogP contribution in [0.25, 0.3) is 0 Å². The van der Waals surface area contributed by atoms with Crippen LogP contribution in [-0.2, 0) is 0 Å². The van der Waals surface area contributed by atoms with E-state index in [0.717, 1.165) is 17.3 Å². The van der Waals surface area contributed by atoms with Crippen molar-refractivity contribution in [3.8, 4) is 11.5 Å². The van der Waals surface area contributed by atoms with E-state index >= 15 is 0 Å². The number of hydrogen-bond donors (Lipinski definition) is 1. The molecule has 1 heterocycles. The summed E-state index contributed by atoms with van der Waals surface area (Å²) in [5.74, 6) is 2.82. The Morgan fingerprint density at radius 3 is 2.82 bits per heavy atom. The molecule has 0 radical (unpaired) electrons. The lowest BCUT2D eigenvalue weighted by Gasteiger charge is -2.19. The molecule has 0 saturated heterocycles. The third-order valence-corrected chi connectivity index (χ3v) is 3.68. The van der Waals surface area contributed by atoms with Gasteiger partial charge in [0.1, 0.15) is 0 Å². The fraction of sp³-hybridized carbons (Fsp3) is 0.538. The van der Waals surface area contributed by atoms with Crippen LogP contribution in [0, 0.1) is 0 Å². The van der Waals surface area contributed by atoms with E-state index in [4.69, 9.17) is 9.47 Å². The van der Waals surface area contributed by atoms with Crippen LogP contribution in [-0.4, -0.2) is 24.8 Å². The van der Waals surface area contributed by atoms with Gasteiger partial charge in [0.15, 0.2) is 11.5 Å². The lowest BCUT2D eigenvalue weighted by atomic mass is 10.1. The van der Waals surface area contributed by atoms with Gasteiger partial charge in [-0.05, 0) is 37.8 Å². The summed E-state index contributed by atoms with van der Waals surface area (Å²) in [7, 11) is 0. The zero-order valence-corrected chi connectivity index (χ0v) is 11.3. The SMILES string of the molecule is CSC[C@@H](C)N[C@H](C)c1ccc2c(c1)OCO2. The first-order chi connectivity index (χ1) is 8.20. The van der Waals surface area contributed by atoms with Gasteiger partial charge >= 0.3 is 0 Å². The van der Waals surface area contributed by atoms with Crippen LogP contribution in [0.5, 0.6) is 11.5 Å². The molecule has 2 atom stereocenters. The van der Waals surface area contributed by atoms with E-state index < -0.39 is 0 Å². The van der Waals surface area contributed by atoms with Crippen LogP contribution < -0.4 is 14.8 Å². The Balaban J connectivity index is 2.01. The zero-order valence-electron chi connectivity index (χ0n) is 10.5. The molecule has 0 aliphatic carbocycles. The summed E-state index contributed by atoms with van der Waals surface area (Å²) in [4.78, 5) is 0. The van der Waals surface area contributed by atoms with Gasteiger partial charge in [-0.25, -0.2) is 0 Å². The van der Waals surface area contributed by atoms with Gasteiger partial charge in [0.25, 0.3) is 0 Å². The molecule has 1 aromatic carbocycles. The first kappa shape index (κ1) is 12.6. The average Bonchev–Trinajstić information content (AvgIpc) is 2.75. The third kappa shape index (κ3) is 3.07. The topological polar surface area (TPSA) is 30.5 Å². The molecule has 0 unspecified atom stereocenters. The van der Waals surface area contributed by atoms with E-state index in [2.05, 4.69) is 37.6 Å². The average molecular weight is 253 g/mol. The molecule has 17 heavy (non-hydrogen) atoms. The maximum atomic E-state index is 5.39. The second-order valence-electron chi connectivity index (χ2n) is 4.36. The molecular formula is C13H19NO2S. The molecule has 0 saturated carbocycles. The van der Waals surface area contributed by atoms with Crippen molar-refractivity contribution in [1.29, 1.82) is 0 Å². The largest absolute Gasteiger partial charge is 0.454 e. The van der Waals surface area contributed by atoms with E-state index in [-0.39, 0.29) is 0 Å². The van der Waals surface area contributed by atoms with Gasteiger partial charge in [0, 0.05) is 17.8 Å². The van der Waals surface area contributed by atoms with Gasteiger partial charge in [-0.1, -0.05) is 6.07 Å². The number of rotatable bonds is 5. The Hall–Kier alpha value is -0.870. The summed E-state index contributed by atoms with van der Waals surface area (Å²) in [6.45, 7) is 4.72. The number of nitrogens with one attached hydrogen (secondary N) is 1. The van der Waals surface area contributed by atoms with E-state index in [0.29, 0.717) is 18.9 Å². The highest BCUT2D eigenvalue weighted by molar-refractivity contribution is 7.98. The maximum Gasteiger partial charge on any atom is 0.231 e. The molecule has 0 bridgehead atoms. The van der Waals surface area contributed by atoms with Gasteiger partial charge in [0.2, 0.25) is 6.79 Å². The van der Waals surface area contributed by atoms with Crippen LogP contribution in [0.3, 0.4) is 0 Å². The molecule has 0 aromatic heterocycles. The molecule has 2 rings (SSSR count). The highest BCUT2D eigenvalue weighted by Crippen LogP contribution is 2.34. The molecule has 4 heteroatoms. The van der Waals surface area contributed by atoms with Crippen LogP contribution in [0.2, 0.25) is 0 Å². The van der Waals surface area contributed by atoms with Crippen molar-refractivity contribution in [3.63, 3.8) is 0 Å². The van der Waals surface area contributed by atoms with E-state index in [1.54, 1.807) is 0 Å². The second-order valence-corrected chi connectivity index (χ2v) is 5.27. The Labute approximate surface area is 107 Å². The van der Waals surface area contributed by atoms with Crippen LogP contribution in [0.4, 0.5) is 0 Å². The van der Waals surface area contributed by atoms with Crippen molar-refractivity contribution in [2.45, 2.75) is 25.9 Å². The van der Waals surface area contributed by atoms with E-state index in [1.165, 1.54) is 5.56 Å². The first-order valence-corrected chi connectivity index (χ1v) is 7.24. The van der Waals surface area contributed by atoms with Crippen LogP contribution in [0.15, 0.2) is 18.2 Å². The third-order valence-electron chi connectivity index (χ3n) is 2.85. The van der Waals surface area contributed by atoms with Gasteiger partial charge in [-0.15, -0.1) is 0 Å². The standard InChI is InChI=1S/C13H19NO2S/c1-9(7-17-3)14-10(2)11-4-5-12-13(6-11)16-8-15-12/h4-6,9-10,14H,7-8H2,1-3H3/t9-,10-/m1/s1. The fourth-order valence-electron chi connectivity index (χ4n) is 2.00. The van der Waals surface area contributed by atoms with Gasteiger partial charge in [0.05, 0.1) is 0 Å². The first-order valence-electron chi connectivity index (χ1n) is 5.85. The molecule has 1 aliphatic heterocycles. The summed E-state index contributed by atoms with van der Waals surface area (Å²) < 4.78 is 10.7. The predicted molar refractivity (Wildman–Crippen MR) is 72.0 cm³/mol. The minimum atomic E-state index is 0.326. The Bertz CT molecular complexity index is 384. The molecule has 0 fully saturated rings. The molecular weight excluding hydrogens is 234 g/mol. The zero-order chi connectivity index (χ0) is 12.3. The number of thioether (sulfide) groups is 1. The molecule has 1 aliphatic rings. The number of ether oxygens (including phenoxy) is 2. The molecule has 94 valence electrons. The minimum Gasteiger partial charge on any atom is -0.454 e. The Morgan fingerprint density at radius 2 is 2.06 bits per heavy atom. The fourth-order valence-corrected chi connectivity index (χ4v) is 2.60. The monoisotopic (exact) mass is 253 g/mol. The van der Waals surface area contributed by atoms with Crippen molar-refractivity contribution in [2.75, 3.05) is 18.8 Å². The summed E-state index contributed by atoms with van der Waals surface area (Å²) in [6, 6.07) is 6.97. The number of fused-ring (bicyclic) bond motifs is 1. The van der Waals surface area contributed by atoms with Crippen molar-refractivity contribution >= 4 is 11.8 Å². The maximum absolute atomic E-state index is 5.39. The number of benzene rings is 1.